The van der Waals surface area contributed by atoms with Crippen LogP contribution < -0.4 is 5.32 Å². The van der Waals surface area contributed by atoms with Gasteiger partial charge in [0.05, 0.1) is 0 Å². The molecule has 0 unspecified atom stereocenters. The van der Waals surface area contributed by atoms with E-state index in [1.165, 1.54) is 18.9 Å². The summed E-state index contributed by atoms with van der Waals surface area (Å²) in [5, 5.41) is 3.64. The van der Waals surface area contributed by atoms with E-state index in [9.17, 15) is 4.39 Å². The van der Waals surface area contributed by atoms with Gasteiger partial charge >= 0.3 is 0 Å². The van der Waals surface area contributed by atoms with E-state index in [0.29, 0.717) is 0 Å². The van der Waals surface area contributed by atoms with Gasteiger partial charge in [-0.3, -0.25) is 0 Å². The van der Waals surface area contributed by atoms with Gasteiger partial charge in [-0.2, -0.15) is 0 Å². The smallest absolute Gasteiger partial charge is 0.123 e. The maximum Gasteiger partial charge on any atom is 0.123 e. The third-order valence-electron chi connectivity index (χ3n) is 4.31. The van der Waals surface area contributed by atoms with Gasteiger partial charge in [0.1, 0.15) is 5.82 Å². The molecule has 18 heavy (non-hydrogen) atoms. The Kier molecular flexibility index (Phi) is 4.39. The van der Waals surface area contributed by atoms with Gasteiger partial charge in [0, 0.05) is 12.6 Å². The Morgan fingerprint density at radius 3 is 2.56 bits per heavy atom. The Morgan fingerprint density at radius 1 is 1.28 bits per heavy atom. The summed E-state index contributed by atoms with van der Waals surface area (Å²) < 4.78 is 13.3. The van der Waals surface area contributed by atoms with Crippen LogP contribution in [-0.4, -0.2) is 12.6 Å². The van der Waals surface area contributed by atoms with Crippen LogP contribution in [0.25, 0.3) is 0 Å². The minimum Gasteiger partial charge on any atom is -0.313 e. The first-order valence-electron chi connectivity index (χ1n) is 7.15. The third-order valence-corrected chi connectivity index (χ3v) is 4.31. The standard InChI is InChI=1S/C16H24FN/c1-3-16(4-2,12-18-15-8-9-15)11-13-6-5-7-14(17)10-13/h5-7,10,15,18H,3-4,8-9,11-12H2,1-2H3. The molecule has 1 fully saturated rings. The van der Waals surface area contributed by atoms with Gasteiger partial charge in [-0.15, -0.1) is 0 Å². The van der Waals surface area contributed by atoms with Crippen molar-refractivity contribution in [2.24, 2.45) is 5.41 Å². The van der Waals surface area contributed by atoms with Gasteiger partial charge in [-0.25, -0.2) is 4.39 Å². The normalized spacial score (nSPS) is 15.9. The first kappa shape index (κ1) is 13.5. The molecule has 1 N–H and O–H groups in total. The summed E-state index contributed by atoms with van der Waals surface area (Å²) in [7, 11) is 0. The molecule has 1 aliphatic rings. The fourth-order valence-electron chi connectivity index (χ4n) is 2.54. The Bertz CT molecular complexity index is 380. The number of nitrogens with one attached hydrogen (secondary N) is 1. The Morgan fingerprint density at radius 2 is 2.00 bits per heavy atom. The van der Waals surface area contributed by atoms with Gasteiger partial charge in [0.25, 0.3) is 0 Å². The largest absolute Gasteiger partial charge is 0.313 e. The molecule has 1 aromatic carbocycles. The van der Waals surface area contributed by atoms with Crippen LogP contribution in [0.2, 0.25) is 0 Å². The van der Waals surface area contributed by atoms with Crippen molar-refractivity contribution in [3.63, 3.8) is 0 Å². The van der Waals surface area contributed by atoms with E-state index in [4.69, 9.17) is 0 Å². The predicted octanol–water partition coefficient (Wildman–Crippen LogP) is 3.93. The number of benzene rings is 1. The molecular formula is C16H24FN. The van der Waals surface area contributed by atoms with Gasteiger partial charge < -0.3 is 5.32 Å². The van der Waals surface area contributed by atoms with Crippen LogP contribution >= 0.6 is 0 Å². The van der Waals surface area contributed by atoms with Gasteiger partial charge in [0.15, 0.2) is 0 Å². The van der Waals surface area contributed by atoms with Crippen molar-refractivity contribution in [2.75, 3.05) is 6.54 Å². The number of hydrogen-bond donors (Lipinski definition) is 1. The minimum atomic E-state index is -0.122. The molecule has 0 atom stereocenters. The maximum atomic E-state index is 13.3. The van der Waals surface area contributed by atoms with Crippen molar-refractivity contribution in [1.29, 1.82) is 0 Å². The first-order chi connectivity index (χ1) is 8.67. The molecule has 2 rings (SSSR count). The second-order valence-electron chi connectivity index (χ2n) is 5.67. The molecule has 0 aliphatic heterocycles. The molecule has 1 aliphatic carbocycles. The van der Waals surface area contributed by atoms with Crippen molar-refractivity contribution in [3.8, 4) is 0 Å². The SMILES string of the molecule is CCC(CC)(CNC1CC1)Cc1cccc(F)c1. The van der Waals surface area contributed by atoms with Crippen molar-refractivity contribution < 1.29 is 4.39 Å². The van der Waals surface area contributed by atoms with Crippen LogP contribution in [0.15, 0.2) is 24.3 Å². The monoisotopic (exact) mass is 249 g/mol. The summed E-state index contributed by atoms with van der Waals surface area (Å²) >= 11 is 0. The van der Waals surface area contributed by atoms with Crippen LogP contribution in [0.1, 0.15) is 45.1 Å². The molecule has 0 aromatic heterocycles. The van der Waals surface area contributed by atoms with E-state index >= 15 is 0 Å². The quantitative estimate of drug-likeness (QED) is 0.772. The second-order valence-corrected chi connectivity index (χ2v) is 5.67. The Balaban J connectivity index is 2.03. The maximum absolute atomic E-state index is 13.3. The van der Waals surface area contributed by atoms with Gasteiger partial charge in [-0.05, 0) is 55.2 Å². The average molecular weight is 249 g/mol. The van der Waals surface area contributed by atoms with Crippen LogP contribution in [0.5, 0.6) is 0 Å². The molecule has 2 heteroatoms. The summed E-state index contributed by atoms with van der Waals surface area (Å²) in [6, 6.07) is 7.80. The highest BCUT2D eigenvalue weighted by Gasteiger charge is 2.30. The van der Waals surface area contributed by atoms with Crippen LogP contribution in [0.4, 0.5) is 4.39 Å². The van der Waals surface area contributed by atoms with E-state index < -0.39 is 0 Å². The lowest BCUT2D eigenvalue weighted by molar-refractivity contribution is 0.245. The van der Waals surface area contributed by atoms with Crippen molar-refractivity contribution in [3.05, 3.63) is 35.6 Å². The summed E-state index contributed by atoms with van der Waals surface area (Å²) in [5.41, 5.74) is 1.40. The van der Waals surface area contributed by atoms with E-state index in [1.807, 2.05) is 12.1 Å². The highest BCUT2D eigenvalue weighted by molar-refractivity contribution is 5.18. The summed E-state index contributed by atoms with van der Waals surface area (Å²) in [6.45, 7) is 5.55. The molecule has 0 bridgehead atoms. The van der Waals surface area contributed by atoms with Crippen molar-refractivity contribution in [1.82, 2.24) is 5.32 Å². The fourth-order valence-corrected chi connectivity index (χ4v) is 2.54. The number of hydrogen-bond acceptors (Lipinski definition) is 1. The topological polar surface area (TPSA) is 12.0 Å². The van der Waals surface area contributed by atoms with Crippen LogP contribution in [-0.2, 0) is 6.42 Å². The van der Waals surface area contributed by atoms with Gasteiger partial charge in [0.2, 0.25) is 0 Å². The molecule has 1 saturated carbocycles. The summed E-state index contributed by atoms with van der Waals surface area (Å²) in [5.74, 6) is -0.122. The lowest BCUT2D eigenvalue weighted by Gasteiger charge is -2.32. The molecule has 0 amide bonds. The second kappa shape index (κ2) is 5.83. The zero-order valence-electron chi connectivity index (χ0n) is 11.5. The fraction of sp³-hybridized carbons (Fsp3) is 0.625. The zero-order chi connectivity index (χ0) is 13.0. The third kappa shape index (κ3) is 3.55. The molecule has 0 spiro atoms. The van der Waals surface area contributed by atoms with E-state index in [1.54, 1.807) is 6.07 Å². The summed E-state index contributed by atoms with van der Waals surface area (Å²) in [4.78, 5) is 0. The van der Waals surface area contributed by atoms with Crippen molar-refractivity contribution in [2.45, 2.75) is 52.0 Å². The summed E-state index contributed by atoms with van der Waals surface area (Å²) in [6.07, 6.45) is 5.89. The highest BCUT2D eigenvalue weighted by atomic mass is 19.1. The van der Waals surface area contributed by atoms with E-state index in [2.05, 4.69) is 19.2 Å². The molecule has 0 saturated heterocycles. The molecule has 0 heterocycles. The number of halogens is 1. The highest BCUT2D eigenvalue weighted by Crippen LogP contribution is 2.32. The first-order valence-corrected chi connectivity index (χ1v) is 7.15. The zero-order valence-corrected chi connectivity index (χ0v) is 11.5. The molecule has 100 valence electrons. The van der Waals surface area contributed by atoms with Crippen LogP contribution in [0, 0.1) is 11.2 Å². The van der Waals surface area contributed by atoms with Crippen LogP contribution in [0.3, 0.4) is 0 Å². The molecule has 1 nitrogen and oxygen atoms in total. The Labute approximate surface area is 110 Å². The minimum absolute atomic E-state index is 0.122. The molecule has 1 aromatic rings. The van der Waals surface area contributed by atoms with E-state index in [-0.39, 0.29) is 11.2 Å². The van der Waals surface area contributed by atoms with Crippen molar-refractivity contribution >= 4 is 0 Å². The van der Waals surface area contributed by atoms with E-state index in [0.717, 1.165) is 37.4 Å². The lowest BCUT2D eigenvalue weighted by Crippen LogP contribution is -2.36. The molecular weight excluding hydrogens is 225 g/mol. The Hall–Kier alpha value is -0.890. The predicted molar refractivity (Wildman–Crippen MR) is 74.1 cm³/mol. The molecule has 0 radical (unpaired) electrons. The number of rotatable bonds is 7. The van der Waals surface area contributed by atoms with Gasteiger partial charge in [-0.1, -0.05) is 26.0 Å². The lowest BCUT2D eigenvalue weighted by atomic mass is 9.77. The average Bonchev–Trinajstić information content (AvgIpc) is 3.19.